The molecule has 0 amide bonds. The molecule has 6 nitrogen and oxygen atoms in total. The van der Waals surface area contributed by atoms with E-state index in [0.29, 0.717) is 5.92 Å². The van der Waals surface area contributed by atoms with Crippen LogP contribution in [0.15, 0.2) is 18.2 Å². The Morgan fingerprint density at radius 2 is 2.15 bits per heavy atom. The summed E-state index contributed by atoms with van der Waals surface area (Å²) in [6.07, 6.45) is 2.44. The van der Waals surface area contributed by atoms with Gasteiger partial charge in [-0.2, -0.15) is 0 Å². The Bertz CT molecular complexity index is 478. The van der Waals surface area contributed by atoms with Crippen molar-refractivity contribution in [3.05, 3.63) is 28.3 Å². The highest BCUT2D eigenvalue weighted by molar-refractivity contribution is 5.63. The summed E-state index contributed by atoms with van der Waals surface area (Å²) in [5, 5.41) is 17.2. The van der Waals surface area contributed by atoms with Crippen molar-refractivity contribution in [2.45, 2.75) is 12.8 Å². The molecule has 1 aromatic carbocycles. The predicted octanol–water partition coefficient (Wildman–Crippen LogP) is 2.39. The van der Waals surface area contributed by atoms with Gasteiger partial charge in [-0.05, 0) is 38.4 Å². The van der Waals surface area contributed by atoms with Gasteiger partial charge in [0, 0.05) is 43.6 Å². The molecule has 1 atom stereocenters. The third-order valence-corrected chi connectivity index (χ3v) is 3.73. The third kappa shape index (κ3) is 3.84. The Morgan fingerprint density at radius 3 is 2.80 bits per heavy atom. The molecule has 110 valence electrons. The van der Waals surface area contributed by atoms with E-state index in [0.717, 1.165) is 31.0 Å². The van der Waals surface area contributed by atoms with Crippen molar-refractivity contribution in [3.63, 3.8) is 0 Å². The summed E-state index contributed by atoms with van der Waals surface area (Å²) in [6, 6.07) is 5.03. The van der Waals surface area contributed by atoms with E-state index in [1.54, 1.807) is 19.2 Å². The molecule has 0 saturated carbocycles. The van der Waals surface area contributed by atoms with Crippen molar-refractivity contribution in [3.8, 4) is 0 Å². The van der Waals surface area contributed by atoms with Crippen LogP contribution in [0, 0.1) is 16.0 Å². The standard InChI is InChI=1S/C14H22N4O2/c1-15-12-6-13(8-14(7-12)18(19)20)16-9-11-4-3-5-17(2)10-11/h6-8,11,15-16H,3-5,9-10H2,1-2H3. The number of likely N-dealkylation sites (tertiary alicyclic amines) is 1. The maximum absolute atomic E-state index is 10.9. The van der Waals surface area contributed by atoms with E-state index in [4.69, 9.17) is 0 Å². The van der Waals surface area contributed by atoms with Crippen molar-refractivity contribution in [1.82, 2.24) is 4.90 Å². The predicted molar refractivity (Wildman–Crippen MR) is 81.4 cm³/mol. The maximum Gasteiger partial charge on any atom is 0.273 e. The smallest absolute Gasteiger partial charge is 0.273 e. The number of hydrogen-bond acceptors (Lipinski definition) is 5. The molecule has 0 spiro atoms. The number of piperidine rings is 1. The number of nitrogens with zero attached hydrogens (tertiary/aromatic N) is 2. The fourth-order valence-electron chi connectivity index (χ4n) is 2.67. The summed E-state index contributed by atoms with van der Waals surface area (Å²) >= 11 is 0. The minimum Gasteiger partial charge on any atom is -0.388 e. The molecular weight excluding hydrogens is 256 g/mol. The summed E-state index contributed by atoms with van der Waals surface area (Å²) in [4.78, 5) is 12.9. The lowest BCUT2D eigenvalue weighted by Gasteiger charge is -2.30. The zero-order chi connectivity index (χ0) is 14.5. The topological polar surface area (TPSA) is 70.4 Å². The molecule has 0 aromatic heterocycles. The van der Waals surface area contributed by atoms with Crippen LogP contribution in [0.2, 0.25) is 0 Å². The normalized spacial score (nSPS) is 19.6. The van der Waals surface area contributed by atoms with E-state index in [1.165, 1.54) is 12.8 Å². The first-order valence-corrected chi connectivity index (χ1v) is 6.98. The second kappa shape index (κ2) is 6.56. The summed E-state index contributed by atoms with van der Waals surface area (Å²) in [5.74, 6) is 0.603. The van der Waals surface area contributed by atoms with Gasteiger partial charge < -0.3 is 15.5 Å². The van der Waals surface area contributed by atoms with Gasteiger partial charge in [-0.3, -0.25) is 10.1 Å². The van der Waals surface area contributed by atoms with Gasteiger partial charge in [-0.25, -0.2) is 0 Å². The van der Waals surface area contributed by atoms with Gasteiger partial charge in [0.15, 0.2) is 0 Å². The Morgan fingerprint density at radius 1 is 1.40 bits per heavy atom. The summed E-state index contributed by atoms with van der Waals surface area (Å²) in [5.41, 5.74) is 1.67. The fourth-order valence-corrected chi connectivity index (χ4v) is 2.67. The number of nitrogens with one attached hydrogen (secondary N) is 2. The molecule has 2 rings (SSSR count). The lowest BCUT2D eigenvalue weighted by Crippen LogP contribution is -2.35. The maximum atomic E-state index is 10.9. The molecule has 1 aromatic rings. The van der Waals surface area contributed by atoms with E-state index < -0.39 is 0 Å². The van der Waals surface area contributed by atoms with Crippen LogP contribution in [0.25, 0.3) is 0 Å². The van der Waals surface area contributed by atoms with Crippen molar-refractivity contribution >= 4 is 17.1 Å². The second-order valence-corrected chi connectivity index (χ2v) is 5.43. The summed E-state index contributed by atoms with van der Waals surface area (Å²) < 4.78 is 0. The van der Waals surface area contributed by atoms with E-state index in [-0.39, 0.29) is 10.6 Å². The average molecular weight is 278 g/mol. The number of rotatable bonds is 5. The first-order chi connectivity index (χ1) is 9.58. The molecule has 0 bridgehead atoms. The van der Waals surface area contributed by atoms with Crippen molar-refractivity contribution in [2.24, 2.45) is 5.92 Å². The minimum atomic E-state index is -0.361. The number of hydrogen-bond donors (Lipinski definition) is 2. The van der Waals surface area contributed by atoms with Gasteiger partial charge >= 0.3 is 0 Å². The van der Waals surface area contributed by atoms with E-state index in [9.17, 15) is 10.1 Å². The average Bonchev–Trinajstić information content (AvgIpc) is 2.45. The Hall–Kier alpha value is -1.82. The monoisotopic (exact) mass is 278 g/mol. The molecule has 1 saturated heterocycles. The number of nitro benzene ring substituents is 1. The molecular formula is C14H22N4O2. The lowest BCUT2D eigenvalue weighted by molar-refractivity contribution is -0.384. The Balaban J connectivity index is 2.01. The highest BCUT2D eigenvalue weighted by Gasteiger charge is 2.17. The van der Waals surface area contributed by atoms with Gasteiger partial charge in [0.25, 0.3) is 5.69 Å². The van der Waals surface area contributed by atoms with Crippen LogP contribution in [-0.4, -0.2) is 43.6 Å². The molecule has 1 aliphatic rings. The number of non-ortho nitro benzene ring substituents is 1. The number of nitro groups is 1. The molecule has 1 fully saturated rings. The third-order valence-electron chi connectivity index (χ3n) is 3.73. The molecule has 1 aliphatic heterocycles. The van der Waals surface area contributed by atoms with Crippen LogP contribution in [0.3, 0.4) is 0 Å². The van der Waals surface area contributed by atoms with Gasteiger partial charge in [-0.1, -0.05) is 0 Å². The highest BCUT2D eigenvalue weighted by atomic mass is 16.6. The zero-order valence-electron chi connectivity index (χ0n) is 12.1. The first kappa shape index (κ1) is 14.6. The van der Waals surface area contributed by atoms with Gasteiger partial charge in [0.05, 0.1) is 4.92 Å². The van der Waals surface area contributed by atoms with Gasteiger partial charge in [-0.15, -0.1) is 0 Å². The van der Waals surface area contributed by atoms with Crippen LogP contribution in [0.1, 0.15) is 12.8 Å². The fraction of sp³-hybridized carbons (Fsp3) is 0.571. The molecule has 1 unspecified atom stereocenters. The molecule has 20 heavy (non-hydrogen) atoms. The highest BCUT2D eigenvalue weighted by Crippen LogP contribution is 2.25. The zero-order valence-corrected chi connectivity index (χ0v) is 12.1. The number of anilines is 2. The second-order valence-electron chi connectivity index (χ2n) is 5.43. The number of benzene rings is 1. The molecule has 6 heteroatoms. The van der Waals surface area contributed by atoms with E-state index >= 15 is 0 Å². The van der Waals surface area contributed by atoms with E-state index in [1.807, 2.05) is 6.07 Å². The molecule has 2 N–H and O–H groups in total. The van der Waals surface area contributed by atoms with Crippen LogP contribution in [-0.2, 0) is 0 Å². The van der Waals surface area contributed by atoms with Crippen molar-refractivity contribution < 1.29 is 4.92 Å². The summed E-state index contributed by atoms with van der Waals surface area (Å²) in [6.45, 7) is 3.10. The Kier molecular flexibility index (Phi) is 4.79. The molecule has 0 aliphatic carbocycles. The van der Waals surface area contributed by atoms with Crippen LogP contribution in [0.4, 0.5) is 17.1 Å². The quantitative estimate of drug-likeness (QED) is 0.639. The van der Waals surface area contributed by atoms with Crippen molar-refractivity contribution in [1.29, 1.82) is 0 Å². The Labute approximate surface area is 119 Å². The van der Waals surface area contributed by atoms with Crippen LogP contribution < -0.4 is 10.6 Å². The van der Waals surface area contributed by atoms with E-state index in [2.05, 4.69) is 22.6 Å². The lowest BCUT2D eigenvalue weighted by atomic mass is 9.98. The van der Waals surface area contributed by atoms with Crippen LogP contribution >= 0.6 is 0 Å². The minimum absolute atomic E-state index is 0.111. The van der Waals surface area contributed by atoms with Gasteiger partial charge in [0.1, 0.15) is 0 Å². The van der Waals surface area contributed by atoms with Crippen LogP contribution in [0.5, 0.6) is 0 Å². The largest absolute Gasteiger partial charge is 0.388 e. The molecule has 0 radical (unpaired) electrons. The SMILES string of the molecule is CNc1cc(NCC2CCCN(C)C2)cc([N+](=O)[O-])c1. The summed E-state index contributed by atoms with van der Waals surface area (Å²) in [7, 11) is 3.90. The first-order valence-electron chi connectivity index (χ1n) is 6.98. The van der Waals surface area contributed by atoms with Crippen molar-refractivity contribution in [2.75, 3.05) is 44.4 Å². The van der Waals surface area contributed by atoms with Gasteiger partial charge in [0.2, 0.25) is 0 Å². The molecule has 1 heterocycles.